The predicted octanol–water partition coefficient (Wildman–Crippen LogP) is -0.233. The molecule has 9 nitrogen and oxygen atoms in total. The molecule has 20 heavy (non-hydrogen) atoms. The Bertz CT molecular complexity index is 740. The predicted molar refractivity (Wildman–Crippen MR) is 69.2 cm³/mol. The van der Waals surface area contributed by atoms with Crippen LogP contribution in [-0.4, -0.2) is 33.0 Å². The molecule has 2 heterocycles. The highest BCUT2D eigenvalue weighted by Gasteiger charge is 2.11. The van der Waals surface area contributed by atoms with Crippen molar-refractivity contribution in [2.24, 2.45) is 0 Å². The molecule has 0 unspecified atom stereocenters. The second-order valence-electron chi connectivity index (χ2n) is 3.51. The number of ether oxygens (including phenoxy) is 1. The number of carbonyl (C=O) groups excluding carboxylic acids is 1. The standard InChI is InChI=1S/C10H8ClN5O4/c1-20-7-3-5(11)13-9(15-7)16-8(18)4-2-6(17)14-10(19)12-4/h2-3H,1H3,(H2,12,14,17,19)(H,13,15,16,18). The highest BCUT2D eigenvalue weighted by atomic mass is 35.5. The number of aromatic nitrogens is 4. The van der Waals surface area contributed by atoms with Gasteiger partial charge in [0.15, 0.2) is 0 Å². The van der Waals surface area contributed by atoms with E-state index in [1.165, 1.54) is 13.2 Å². The van der Waals surface area contributed by atoms with Gasteiger partial charge in [-0.25, -0.2) is 9.78 Å². The van der Waals surface area contributed by atoms with E-state index in [0.29, 0.717) is 0 Å². The van der Waals surface area contributed by atoms with Crippen LogP contribution in [0.1, 0.15) is 10.5 Å². The molecule has 0 bridgehead atoms. The minimum Gasteiger partial charge on any atom is -0.481 e. The zero-order chi connectivity index (χ0) is 14.7. The Morgan fingerprint density at radius 2 is 2.05 bits per heavy atom. The first kappa shape index (κ1) is 13.7. The second kappa shape index (κ2) is 5.53. The summed E-state index contributed by atoms with van der Waals surface area (Å²) < 4.78 is 4.86. The number of halogens is 1. The van der Waals surface area contributed by atoms with Gasteiger partial charge in [-0.2, -0.15) is 4.98 Å². The molecule has 0 aliphatic heterocycles. The van der Waals surface area contributed by atoms with E-state index in [-0.39, 0.29) is 22.7 Å². The number of anilines is 1. The van der Waals surface area contributed by atoms with Crippen LogP contribution in [0.4, 0.5) is 5.95 Å². The molecule has 10 heteroatoms. The normalized spacial score (nSPS) is 10.1. The van der Waals surface area contributed by atoms with Gasteiger partial charge in [-0.1, -0.05) is 11.6 Å². The molecule has 0 fully saturated rings. The Kier molecular flexibility index (Phi) is 3.80. The largest absolute Gasteiger partial charge is 0.481 e. The van der Waals surface area contributed by atoms with Crippen molar-refractivity contribution in [3.8, 4) is 5.88 Å². The van der Waals surface area contributed by atoms with Crippen LogP contribution in [0.3, 0.4) is 0 Å². The average molecular weight is 298 g/mol. The number of rotatable bonds is 3. The van der Waals surface area contributed by atoms with Gasteiger partial charge in [0.25, 0.3) is 11.5 Å². The van der Waals surface area contributed by atoms with Crippen molar-refractivity contribution in [1.82, 2.24) is 19.9 Å². The Hall–Kier alpha value is -2.68. The number of hydrogen-bond donors (Lipinski definition) is 3. The van der Waals surface area contributed by atoms with E-state index in [2.05, 4.69) is 20.3 Å². The summed E-state index contributed by atoms with van der Waals surface area (Å²) in [5.74, 6) is -0.738. The molecule has 0 aliphatic rings. The van der Waals surface area contributed by atoms with Crippen molar-refractivity contribution in [2.45, 2.75) is 0 Å². The zero-order valence-electron chi connectivity index (χ0n) is 10.1. The Balaban J connectivity index is 2.29. The molecule has 2 aromatic rings. The Morgan fingerprint density at radius 3 is 2.70 bits per heavy atom. The van der Waals surface area contributed by atoms with Crippen molar-refractivity contribution in [3.05, 3.63) is 43.8 Å². The van der Waals surface area contributed by atoms with Gasteiger partial charge >= 0.3 is 5.69 Å². The minimum absolute atomic E-state index is 0.0616. The van der Waals surface area contributed by atoms with Crippen molar-refractivity contribution >= 4 is 23.5 Å². The number of H-pyrrole nitrogens is 2. The Morgan fingerprint density at radius 1 is 1.30 bits per heavy atom. The van der Waals surface area contributed by atoms with E-state index in [4.69, 9.17) is 16.3 Å². The monoisotopic (exact) mass is 297 g/mol. The molecular weight excluding hydrogens is 290 g/mol. The molecule has 0 aliphatic carbocycles. The summed E-state index contributed by atoms with van der Waals surface area (Å²) in [6.07, 6.45) is 0. The van der Waals surface area contributed by atoms with Gasteiger partial charge in [-0.3, -0.25) is 19.9 Å². The van der Waals surface area contributed by atoms with Crippen molar-refractivity contribution in [1.29, 1.82) is 0 Å². The lowest BCUT2D eigenvalue weighted by Crippen LogP contribution is -2.27. The number of aromatic amines is 2. The lowest BCUT2D eigenvalue weighted by Gasteiger charge is -2.05. The number of hydrogen-bond acceptors (Lipinski definition) is 6. The molecule has 0 saturated heterocycles. The highest BCUT2D eigenvalue weighted by Crippen LogP contribution is 2.15. The van der Waals surface area contributed by atoms with Crippen LogP contribution < -0.4 is 21.3 Å². The van der Waals surface area contributed by atoms with Crippen LogP contribution in [0, 0.1) is 0 Å². The van der Waals surface area contributed by atoms with Crippen LogP contribution in [0.5, 0.6) is 5.88 Å². The van der Waals surface area contributed by atoms with Gasteiger partial charge in [0.2, 0.25) is 11.8 Å². The fourth-order valence-corrected chi connectivity index (χ4v) is 1.49. The van der Waals surface area contributed by atoms with Crippen LogP contribution in [0.15, 0.2) is 21.7 Å². The summed E-state index contributed by atoms with van der Waals surface area (Å²) in [5, 5.41) is 2.34. The van der Waals surface area contributed by atoms with E-state index >= 15 is 0 Å². The van der Waals surface area contributed by atoms with Crippen LogP contribution >= 0.6 is 11.6 Å². The van der Waals surface area contributed by atoms with E-state index < -0.39 is 17.2 Å². The maximum absolute atomic E-state index is 11.8. The molecule has 2 aromatic heterocycles. The summed E-state index contributed by atoms with van der Waals surface area (Å²) in [5.41, 5.74) is -1.74. The van der Waals surface area contributed by atoms with Gasteiger partial charge in [0, 0.05) is 12.1 Å². The lowest BCUT2D eigenvalue weighted by molar-refractivity contribution is 0.102. The smallest absolute Gasteiger partial charge is 0.326 e. The highest BCUT2D eigenvalue weighted by molar-refractivity contribution is 6.29. The van der Waals surface area contributed by atoms with Crippen LogP contribution in [0.25, 0.3) is 0 Å². The van der Waals surface area contributed by atoms with Crippen molar-refractivity contribution in [3.63, 3.8) is 0 Å². The topological polar surface area (TPSA) is 130 Å². The third-order valence-electron chi connectivity index (χ3n) is 2.11. The average Bonchev–Trinajstić information content (AvgIpc) is 2.36. The van der Waals surface area contributed by atoms with Crippen LogP contribution in [-0.2, 0) is 0 Å². The zero-order valence-corrected chi connectivity index (χ0v) is 10.8. The van der Waals surface area contributed by atoms with Gasteiger partial charge < -0.3 is 9.72 Å². The van der Waals surface area contributed by atoms with E-state index in [1.807, 2.05) is 4.98 Å². The first-order valence-corrected chi connectivity index (χ1v) is 5.59. The summed E-state index contributed by atoms with van der Waals surface area (Å²) >= 11 is 5.71. The first-order valence-electron chi connectivity index (χ1n) is 5.21. The Labute approximate surface area is 116 Å². The summed E-state index contributed by atoms with van der Waals surface area (Å²) in [4.78, 5) is 45.7. The van der Waals surface area contributed by atoms with E-state index in [1.54, 1.807) is 0 Å². The minimum atomic E-state index is -0.799. The summed E-state index contributed by atoms with van der Waals surface area (Å²) in [7, 11) is 1.37. The number of carbonyl (C=O) groups is 1. The maximum atomic E-state index is 11.8. The van der Waals surface area contributed by atoms with Gasteiger partial charge in [0.05, 0.1) is 7.11 Å². The van der Waals surface area contributed by atoms with Gasteiger partial charge in [0.1, 0.15) is 10.8 Å². The third-order valence-corrected chi connectivity index (χ3v) is 2.30. The van der Waals surface area contributed by atoms with E-state index in [0.717, 1.165) is 6.07 Å². The first-order chi connectivity index (χ1) is 9.47. The molecule has 0 radical (unpaired) electrons. The summed E-state index contributed by atoms with van der Waals surface area (Å²) in [6, 6.07) is 2.28. The molecule has 0 spiro atoms. The molecule has 1 amide bonds. The molecule has 0 aromatic carbocycles. The number of amides is 1. The molecular formula is C10H8ClN5O4. The van der Waals surface area contributed by atoms with Crippen molar-refractivity contribution < 1.29 is 9.53 Å². The van der Waals surface area contributed by atoms with Crippen LogP contribution in [0.2, 0.25) is 5.15 Å². The second-order valence-corrected chi connectivity index (χ2v) is 3.90. The molecule has 0 saturated carbocycles. The number of nitrogens with zero attached hydrogens (tertiary/aromatic N) is 2. The third kappa shape index (κ3) is 3.20. The number of methoxy groups -OCH3 is 1. The molecule has 104 valence electrons. The fourth-order valence-electron chi connectivity index (χ4n) is 1.32. The molecule has 2 rings (SSSR count). The molecule has 3 N–H and O–H groups in total. The number of nitrogens with one attached hydrogen (secondary N) is 3. The molecule has 0 atom stereocenters. The fraction of sp³-hybridized carbons (Fsp3) is 0.100. The van der Waals surface area contributed by atoms with Gasteiger partial charge in [-0.05, 0) is 0 Å². The maximum Gasteiger partial charge on any atom is 0.326 e. The quantitative estimate of drug-likeness (QED) is 0.671. The van der Waals surface area contributed by atoms with Crippen molar-refractivity contribution in [2.75, 3.05) is 12.4 Å². The SMILES string of the molecule is COc1cc(Cl)nc(NC(=O)c2cc(=O)[nH]c(=O)[nH]2)n1. The lowest BCUT2D eigenvalue weighted by atomic mass is 10.4. The van der Waals surface area contributed by atoms with Gasteiger partial charge in [-0.15, -0.1) is 0 Å². The van der Waals surface area contributed by atoms with E-state index in [9.17, 15) is 14.4 Å². The summed E-state index contributed by atoms with van der Waals surface area (Å²) in [6.45, 7) is 0.